The molecule has 2 rings (SSSR count). The standard InChI is InChI=1S/C14H24N2O5S/c1-2-5-12(14(18)19)15-22(20,21)11-8-16(9-11)13(17)10-6-3-4-7-10/h10-12,15H,2-9H2,1H3,(H,18,19). The summed E-state index contributed by atoms with van der Waals surface area (Å²) in [5.41, 5.74) is 0. The van der Waals surface area contributed by atoms with E-state index in [1.165, 1.54) is 0 Å². The molecule has 126 valence electrons. The van der Waals surface area contributed by atoms with Gasteiger partial charge in [0.25, 0.3) is 0 Å². The highest BCUT2D eigenvalue weighted by atomic mass is 32.2. The molecule has 0 bridgehead atoms. The predicted molar refractivity (Wildman–Crippen MR) is 80.7 cm³/mol. The molecular weight excluding hydrogens is 308 g/mol. The molecule has 2 N–H and O–H groups in total. The number of carbonyl (C=O) groups is 2. The van der Waals surface area contributed by atoms with Gasteiger partial charge in [0.1, 0.15) is 11.3 Å². The second-order valence-corrected chi connectivity index (χ2v) is 8.18. The van der Waals surface area contributed by atoms with E-state index in [4.69, 9.17) is 5.11 Å². The Morgan fingerprint density at radius 1 is 1.27 bits per heavy atom. The van der Waals surface area contributed by atoms with E-state index in [-0.39, 0.29) is 31.3 Å². The Kier molecular flexibility index (Phi) is 5.44. The number of nitrogens with one attached hydrogen (secondary N) is 1. The van der Waals surface area contributed by atoms with Crippen LogP contribution in [0.5, 0.6) is 0 Å². The number of likely N-dealkylation sites (tertiary alicyclic amines) is 1. The zero-order chi connectivity index (χ0) is 16.3. The van der Waals surface area contributed by atoms with Gasteiger partial charge in [0, 0.05) is 19.0 Å². The normalized spacial score (nSPS) is 21.6. The van der Waals surface area contributed by atoms with Crippen LogP contribution in [0.2, 0.25) is 0 Å². The Labute approximate surface area is 131 Å². The Morgan fingerprint density at radius 2 is 1.86 bits per heavy atom. The maximum Gasteiger partial charge on any atom is 0.321 e. The molecule has 0 aromatic carbocycles. The first-order chi connectivity index (χ1) is 10.3. The van der Waals surface area contributed by atoms with Crippen LogP contribution in [0.3, 0.4) is 0 Å². The molecule has 1 saturated heterocycles. The zero-order valence-electron chi connectivity index (χ0n) is 12.8. The first-order valence-electron chi connectivity index (χ1n) is 7.88. The van der Waals surface area contributed by atoms with Crippen LogP contribution in [0.4, 0.5) is 0 Å². The molecule has 1 aliphatic carbocycles. The number of sulfonamides is 1. The Bertz CT molecular complexity index is 521. The van der Waals surface area contributed by atoms with Crippen LogP contribution in [0.1, 0.15) is 45.4 Å². The van der Waals surface area contributed by atoms with E-state index in [9.17, 15) is 18.0 Å². The van der Waals surface area contributed by atoms with Crippen LogP contribution < -0.4 is 4.72 Å². The van der Waals surface area contributed by atoms with Crippen molar-refractivity contribution < 1.29 is 23.1 Å². The average molecular weight is 332 g/mol. The number of hydrogen-bond acceptors (Lipinski definition) is 4. The highest BCUT2D eigenvalue weighted by molar-refractivity contribution is 7.90. The fourth-order valence-corrected chi connectivity index (χ4v) is 4.62. The number of carbonyl (C=O) groups excluding carboxylic acids is 1. The number of rotatable bonds is 7. The summed E-state index contributed by atoms with van der Waals surface area (Å²) < 4.78 is 26.6. The summed E-state index contributed by atoms with van der Waals surface area (Å²) in [5, 5.41) is 8.33. The van der Waals surface area contributed by atoms with Crippen molar-refractivity contribution in [2.75, 3.05) is 13.1 Å². The number of carboxylic acid groups (broad SMARTS) is 1. The molecule has 1 heterocycles. The number of aliphatic carboxylic acids is 1. The van der Waals surface area contributed by atoms with Gasteiger partial charge in [0.15, 0.2) is 0 Å². The summed E-state index contributed by atoms with van der Waals surface area (Å²) >= 11 is 0. The van der Waals surface area contributed by atoms with Gasteiger partial charge in [0.05, 0.1) is 0 Å². The van der Waals surface area contributed by atoms with Crippen LogP contribution in [-0.4, -0.2) is 54.7 Å². The molecule has 0 spiro atoms. The van der Waals surface area contributed by atoms with Crippen molar-refractivity contribution in [2.45, 2.75) is 56.7 Å². The van der Waals surface area contributed by atoms with Crippen molar-refractivity contribution in [1.29, 1.82) is 0 Å². The monoisotopic (exact) mass is 332 g/mol. The highest BCUT2D eigenvalue weighted by Gasteiger charge is 2.43. The summed E-state index contributed by atoms with van der Waals surface area (Å²) in [4.78, 5) is 24.8. The lowest BCUT2D eigenvalue weighted by atomic mass is 10.0. The number of carboxylic acids is 1. The summed E-state index contributed by atoms with van der Waals surface area (Å²) in [5.74, 6) is -1.07. The van der Waals surface area contributed by atoms with Crippen molar-refractivity contribution in [2.24, 2.45) is 5.92 Å². The van der Waals surface area contributed by atoms with Crippen LogP contribution in [-0.2, 0) is 19.6 Å². The summed E-state index contributed by atoms with van der Waals surface area (Å²) in [6.07, 6.45) is 4.74. The van der Waals surface area contributed by atoms with Crippen molar-refractivity contribution >= 4 is 21.9 Å². The van der Waals surface area contributed by atoms with Crippen molar-refractivity contribution in [3.8, 4) is 0 Å². The number of nitrogens with zero attached hydrogens (tertiary/aromatic N) is 1. The lowest BCUT2D eigenvalue weighted by Gasteiger charge is -2.40. The maximum absolute atomic E-state index is 12.2. The third-order valence-corrected chi connectivity index (χ3v) is 6.27. The minimum Gasteiger partial charge on any atom is -0.480 e. The molecule has 1 aliphatic heterocycles. The molecule has 8 heteroatoms. The van der Waals surface area contributed by atoms with E-state index >= 15 is 0 Å². The molecule has 0 aromatic heterocycles. The fourth-order valence-electron chi connectivity index (χ4n) is 3.06. The van der Waals surface area contributed by atoms with Gasteiger partial charge >= 0.3 is 5.97 Å². The van der Waals surface area contributed by atoms with E-state index in [0.29, 0.717) is 6.42 Å². The second-order valence-electron chi connectivity index (χ2n) is 6.19. The number of amides is 1. The largest absolute Gasteiger partial charge is 0.480 e. The van der Waals surface area contributed by atoms with Gasteiger partial charge in [-0.25, -0.2) is 13.1 Å². The second kappa shape index (κ2) is 6.95. The van der Waals surface area contributed by atoms with Crippen LogP contribution >= 0.6 is 0 Å². The lowest BCUT2D eigenvalue weighted by molar-refractivity contribution is -0.140. The molecule has 2 aliphatic rings. The minimum atomic E-state index is -3.70. The summed E-state index contributed by atoms with van der Waals surface area (Å²) in [7, 11) is -3.70. The van der Waals surface area contributed by atoms with Crippen LogP contribution in [0.15, 0.2) is 0 Å². The van der Waals surface area contributed by atoms with E-state index in [2.05, 4.69) is 4.72 Å². The van der Waals surface area contributed by atoms with Gasteiger partial charge in [-0.15, -0.1) is 0 Å². The molecule has 1 atom stereocenters. The van der Waals surface area contributed by atoms with E-state index < -0.39 is 27.3 Å². The summed E-state index contributed by atoms with van der Waals surface area (Å²) in [6.45, 7) is 2.14. The van der Waals surface area contributed by atoms with Gasteiger partial charge < -0.3 is 10.0 Å². The Balaban J connectivity index is 1.87. The van der Waals surface area contributed by atoms with Crippen molar-refractivity contribution in [3.63, 3.8) is 0 Å². The third kappa shape index (κ3) is 3.78. The molecule has 1 unspecified atom stereocenters. The quantitative estimate of drug-likeness (QED) is 0.709. The molecule has 2 fully saturated rings. The van der Waals surface area contributed by atoms with Crippen molar-refractivity contribution in [1.82, 2.24) is 9.62 Å². The van der Waals surface area contributed by atoms with Gasteiger partial charge in [-0.3, -0.25) is 9.59 Å². The molecule has 7 nitrogen and oxygen atoms in total. The fraction of sp³-hybridized carbons (Fsp3) is 0.857. The van der Waals surface area contributed by atoms with Gasteiger partial charge in [-0.2, -0.15) is 0 Å². The topological polar surface area (TPSA) is 104 Å². The third-order valence-electron chi connectivity index (χ3n) is 4.48. The first kappa shape index (κ1) is 17.2. The van der Waals surface area contributed by atoms with E-state index in [1.54, 1.807) is 11.8 Å². The number of hydrogen-bond donors (Lipinski definition) is 2. The molecule has 0 radical (unpaired) electrons. The van der Waals surface area contributed by atoms with E-state index in [0.717, 1.165) is 25.7 Å². The predicted octanol–water partition coefficient (Wildman–Crippen LogP) is 0.560. The van der Waals surface area contributed by atoms with Crippen LogP contribution in [0.25, 0.3) is 0 Å². The van der Waals surface area contributed by atoms with Gasteiger partial charge in [-0.1, -0.05) is 26.2 Å². The van der Waals surface area contributed by atoms with Crippen LogP contribution in [0, 0.1) is 5.92 Å². The SMILES string of the molecule is CCCC(NS(=O)(=O)C1CN(C(=O)C2CCCC2)C1)C(=O)O. The molecule has 1 saturated carbocycles. The molecule has 22 heavy (non-hydrogen) atoms. The molecular formula is C14H24N2O5S. The zero-order valence-corrected chi connectivity index (χ0v) is 13.6. The first-order valence-corrected chi connectivity index (χ1v) is 9.42. The average Bonchev–Trinajstić information content (AvgIpc) is 2.89. The van der Waals surface area contributed by atoms with Gasteiger partial charge in [0.2, 0.25) is 15.9 Å². The minimum absolute atomic E-state index is 0.0449. The summed E-state index contributed by atoms with van der Waals surface area (Å²) in [6, 6.07) is -1.09. The smallest absolute Gasteiger partial charge is 0.321 e. The molecule has 1 amide bonds. The maximum atomic E-state index is 12.2. The highest BCUT2D eigenvalue weighted by Crippen LogP contribution is 2.29. The Morgan fingerprint density at radius 3 is 2.36 bits per heavy atom. The van der Waals surface area contributed by atoms with E-state index in [1.807, 2.05) is 0 Å². The molecule has 0 aromatic rings. The van der Waals surface area contributed by atoms with Gasteiger partial charge in [-0.05, 0) is 19.3 Å². The lowest BCUT2D eigenvalue weighted by Crippen LogP contribution is -2.61. The Hall–Kier alpha value is -1.15. The van der Waals surface area contributed by atoms with Crippen molar-refractivity contribution in [3.05, 3.63) is 0 Å².